The lowest BCUT2D eigenvalue weighted by molar-refractivity contribution is -0.119. The van der Waals surface area contributed by atoms with Crippen molar-refractivity contribution in [3.8, 4) is 0 Å². The van der Waals surface area contributed by atoms with Gasteiger partial charge in [0, 0.05) is 41.7 Å². The summed E-state index contributed by atoms with van der Waals surface area (Å²) in [6.45, 7) is 0.754. The molecule has 0 bridgehead atoms. The molecule has 0 aromatic heterocycles. The van der Waals surface area contributed by atoms with Crippen LogP contribution in [0.5, 0.6) is 0 Å². The van der Waals surface area contributed by atoms with Crippen LogP contribution in [0.15, 0.2) is 65.7 Å². The van der Waals surface area contributed by atoms with Gasteiger partial charge in [0.25, 0.3) is 5.91 Å². The van der Waals surface area contributed by atoms with Crippen LogP contribution in [0.2, 0.25) is 0 Å². The number of carbonyl (C=O) groups excluding carboxylic acids is 2. The molecule has 0 spiro atoms. The fourth-order valence-electron chi connectivity index (χ4n) is 3.61. The van der Waals surface area contributed by atoms with Gasteiger partial charge in [-0.25, -0.2) is 4.39 Å². The molecule has 0 fully saturated rings. The third kappa shape index (κ3) is 4.25. The number of rotatable bonds is 5. The van der Waals surface area contributed by atoms with E-state index in [1.807, 2.05) is 24.3 Å². The fourth-order valence-corrected chi connectivity index (χ4v) is 3.82. The Morgan fingerprint density at radius 3 is 2.69 bits per heavy atom. The summed E-state index contributed by atoms with van der Waals surface area (Å²) in [5.74, 6) is -0.547. The molecule has 4 nitrogen and oxygen atoms in total. The number of benzene rings is 2. The van der Waals surface area contributed by atoms with Gasteiger partial charge in [-0.1, -0.05) is 42.0 Å². The lowest BCUT2D eigenvalue weighted by Crippen LogP contribution is -2.38. The average Bonchev–Trinajstić information content (AvgIpc) is 3.13. The van der Waals surface area contributed by atoms with Crippen LogP contribution in [-0.2, 0) is 17.8 Å². The number of aryl methyl sites for hydroxylation is 1. The van der Waals surface area contributed by atoms with Crippen molar-refractivity contribution in [1.29, 1.82) is 0 Å². The molecule has 6 heteroatoms. The molecule has 148 valence electrons. The first kappa shape index (κ1) is 19.4. The van der Waals surface area contributed by atoms with Gasteiger partial charge in [0.05, 0.1) is 0 Å². The van der Waals surface area contributed by atoms with E-state index < -0.39 is 0 Å². The Hall–Kier alpha value is -2.92. The van der Waals surface area contributed by atoms with Crippen molar-refractivity contribution in [3.05, 3.63) is 88.2 Å². The van der Waals surface area contributed by atoms with E-state index in [2.05, 4.69) is 5.32 Å². The van der Waals surface area contributed by atoms with Crippen molar-refractivity contribution >= 4 is 29.1 Å². The summed E-state index contributed by atoms with van der Waals surface area (Å²) in [5.41, 5.74) is 3.10. The summed E-state index contributed by atoms with van der Waals surface area (Å²) < 4.78 is 13.0. The largest absolute Gasteiger partial charge is 0.348 e. The standard InChI is InChI=1S/C23H20ClFN2O2/c24-20-3-1-2-18(20)14-27-21-12-17(7-6-16(21)8-11-22(27)28)23(29)26-13-15-4-9-19(25)10-5-15/h1-7,9-10,12,18H,8,11,13-14H2,(H,26,29). The Bertz CT molecular complexity index is 1010. The SMILES string of the molecule is O=C(NCc1ccc(F)cc1)c1ccc2c(c1)N(CC1C=CC=C1Cl)C(=O)CC2. The number of halogens is 2. The quantitative estimate of drug-likeness (QED) is 0.797. The van der Waals surface area contributed by atoms with E-state index in [0.717, 1.165) is 16.8 Å². The van der Waals surface area contributed by atoms with Gasteiger partial charge in [-0.2, -0.15) is 0 Å². The topological polar surface area (TPSA) is 49.4 Å². The summed E-state index contributed by atoms with van der Waals surface area (Å²) in [7, 11) is 0. The van der Waals surface area contributed by atoms with Gasteiger partial charge in [-0.15, -0.1) is 0 Å². The number of fused-ring (bicyclic) bond motifs is 1. The van der Waals surface area contributed by atoms with Gasteiger partial charge in [-0.05, 0) is 47.9 Å². The van der Waals surface area contributed by atoms with Crippen LogP contribution >= 0.6 is 11.6 Å². The maximum absolute atomic E-state index is 13.0. The Kier molecular flexibility index (Phi) is 5.49. The fraction of sp³-hybridized carbons (Fsp3) is 0.217. The van der Waals surface area contributed by atoms with Crippen LogP contribution in [0, 0.1) is 11.7 Å². The first-order valence-electron chi connectivity index (χ1n) is 9.51. The number of allylic oxidation sites excluding steroid dienone is 2. The maximum atomic E-state index is 13.0. The second kappa shape index (κ2) is 8.21. The molecule has 1 heterocycles. The Labute approximate surface area is 173 Å². The highest BCUT2D eigenvalue weighted by Gasteiger charge is 2.28. The van der Waals surface area contributed by atoms with Crippen molar-refractivity contribution in [3.63, 3.8) is 0 Å². The molecule has 1 aliphatic heterocycles. The molecule has 4 rings (SSSR count). The minimum absolute atomic E-state index is 0.0254. The Balaban J connectivity index is 1.52. The first-order chi connectivity index (χ1) is 14.0. The van der Waals surface area contributed by atoms with Gasteiger partial charge in [-0.3, -0.25) is 9.59 Å². The minimum atomic E-state index is -0.313. The Morgan fingerprint density at radius 1 is 1.17 bits per heavy atom. The molecular formula is C23H20ClFN2O2. The number of hydrogen-bond acceptors (Lipinski definition) is 2. The van der Waals surface area contributed by atoms with E-state index in [1.165, 1.54) is 12.1 Å². The average molecular weight is 411 g/mol. The zero-order valence-corrected chi connectivity index (χ0v) is 16.5. The maximum Gasteiger partial charge on any atom is 0.251 e. The van der Waals surface area contributed by atoms with Crippen LogP contribution in [0.3, 0.4) is 0 Å². The highest BCUT2D eigenvalue weighted by atomic mass is 35.5. The molecule has 1 aliphatic carbocycles. The molecule has 0 saturated carbocycles. The van der Waals surface area contributed by atoms with E-state index in [9.17, 15) is 14.0 Å². The number of nitrogens with one attached hydrogen (secondary N) is 1. The molecule has 1 N–H and O–H groups in total. The molecule has 2 amide bonds. The highest BCUT2D eigenvalue weighted by molar-refractivity contribution is 6.30. The minimum Gasteiger partial charge on any atom is -0.348 e. The lowest BCUT2D eigenvalue weighted by atomic mass is 9.97. The van der Waals surface area contributed by atoms with Crippen LogP contribution in [-0.4, -0.2) is 18.4 Å². The van der Waals surface area contributed by atoms with Gasteiger partial charge < -0.3 is 10.2 Å². The van der Waals surface area contributed by atoms with Crippen LogP contribution in [0.25, 0.3) is 0 Å². The number of hydrogen-bond donors (Lipinski definition) is 1. The molecule has 2 aliphatic rings. The summed E-state index contributed by atoms with van der Waals surface area (Å²) in [6, 6.07) is 11.4. The van der Waals surface area contributed by atoms with Crippen molar-refractivity contribution in [2.24, 2.45) is 5.92 Å². The van der Waals surface area contributed by atoms with Crippen molar-refractivity contribution < 1.29 is 14.0 Å². The van der Waals surface area contributed by atoms with E-state index in [1.54, 1.807) is 29.2 Å². The monoisotopic (exact) mass is 410 g/mol. The number of nitrogens with zero attached hydrogens (tertiary/aromatic N) is 1. The first-order valence-corrected chi connectivity index (χ1v) is 9.89. The molecule has 0 saturated heterocycles. The van der Waals surface area contributed by atoms with E-state index >= 15 is 0 Å². The predicted octanol–water partition coefficient (Wildman–Crippen LogP) is 4.34. The van der Waals surface area contributed by atoms with Crippen LogP contribution < -0.4 is 10.2 Å². The van der Waals surface area contributed by atoms with Crippen LogP contribution in [0.4, 0.5) is 10.1 Å². The number of anilines is 1. The molecule has 2 aromatic rings. The zero-order chi connectivity index (χ0) is 20.4. The van der Waals surface area contributed by atoms with Gasteiger partial charge in [0.2, 0.25) is 5.91 Å². The highest BCUT2D eigenvalue weighted by Crippen LogP contribution is 2.32. The lowest BCUT2D eigenvalue weighted by Gasteiger charge is -2.31. The smallest absolute Gasteiger partial charge is 0.251 e. The van der Waals surface area contributed by atoms with Crippen molar-refractivity contribution in [1.82, 2.24) is 5.32 Å². The number of carbonyl (C=O) groups is 2. The van der Waals surface area contributed by atoms with Crippen molar-refractivity contribution in [2.75, 3.05) is 11.4 Å². The van der Waals surface area contributed by atoms with E-state index in [-0.39, 0.29) is 23.5 Å². The van der Waals surface area contributed by atoms with Gasteiger partial charge in [0.1, 0.15) is 5.82 Å². The van der Waals surface area contributed by atoms with Gasteiger partial charge in [0.15, 0.2) is 0 Å². The second-order valence-corrected chi connectivity index (χ2v) is 7.64. The second-order valence-electron chi connectivity index (χ2n) is 7.20. The molecule has 2 aromatic carbocycles. The molecule has 1 atom stereocenters. The third-order valence-corrected chi connectivity index (χ3v) is 5.65. The molecule has 1 unspecified atom stereocenters. The third-order valence-electron chi connectivity index (χ3n) is 5.25. The normalized spacial score (nSPS) is 17.9. The molecule has 29 heavy (non-hydrogen) atoms. The zero-order valence-electron chi connectivity index (χ0n) is 15.7. The molecular weight excluding hydrogens is 391 g/mol. The predicted molar refractivity (Wildman–Crippen MR) is 111 cm³/mol. The van der Waals surface area contributed by atoms with Crippen molar-refractivity contribution in [2.45, 2.75) is 19.4 Å². The van der Waals surface area contributed by atoms with Gasteiger partial charge >= 0.3 is 0 Å². The summed E-state index contributed by atoms with van der Waals surface area (Å²) >= 11 is 6.24. The van der Waals surface area contributed by atoms with E-state index in [0.29, 0.717) is 36.5 Å². The summed E-state index contributed by atoms with van der Waals surface area (Å²) in [4.78, 5) is 26.9. The van der Waals surface area contributed by atoms with E-state index in [4.69, 9.17) is 11.6 Å². The molecule has 0 radical (unpaired) electrons. The number of amides is 2. The summed E-state index contributed by atoms with van der Waals surface area (Å²) in [5, 5.41) is 3.55. The summed E-state index contributed by atoms with van der Waals surface area (Å²) in [6.07, 6.45) is 6.80. The Morgan fingerprint density at radius 2 is 1.97 bits per heavy atom. The van der Waals surface area contributed by atoms with Crippen LogP contribution in [0.1, 0.15) is 27.9 Å².